The van der Waals surface area contributed by atoms with Crippen LogP contribution in [0.15, 0.2) is 18.2 Å². The van der Waals surface area contributed by atoms with Crippen LogP contribution in [0.5, 0.6) is 0 Å². The first-order valence-electron chi connectivity index (χ1n) is 4.25. The minimum Gasteiger partial charge on any atom is -0.326 e. The number of nitrogens with one attached hydrogen (secondary N) is 1. The summed E-state index contributed by atoms with van der Waals surface area (Å²) in [6.07, 6.45) is 0.130. The number of anilines is 1. The molecular weight excluding hydrogens is 202 g/mol. The molecule has 0 unspecified atom stereocenters. The van der Waals surface area contributed by atoms with Crippen molar-refractivity contribution >= 4 is 11.6 Å². The van der Waals surface area contributed by atoms with Crippen LogP contribution in [0.2, 0.25) is 0 Å². The van der Waals surface area contributed by atoms with Crippen LogP contribution in [0, 0.1) is 23.0 Å². The zero-order valence-corrected chi connectivity index (χ0v) is 7.76. The molecule has 1 aromatic rings. The van der Waals surface area contributed by atoms with Gasteiger partial charge in [0.05, 0.1) is 6.07 Å². The Balaban J connectivity index is 2.62. The fourth-order valence-corrected chi connectivity index (χ4v) is 0.967. The summed E-state index contributed by atoms with van der Waals surface area (Å²) in [7, 11) is 0. The Morgan fingerprint density at radius 1 is 1.40 bits per heavy atom. The summed E-state index contributed by atoms with van der Waals surface area (Å²) in [5.41, 5.74) is 0.178. The van der Waals surface area contributed by atoms with Gasteiger partial charge in [-0.05, 0) is 12.1 Å². The number of carbonyl (C=O) groups is 1. The van der Waals surface area contributed by atoms with Crippen molar-refractivity contribution in [3.63, 3.8) is 0 Å². The van der Waals surface area contributed by atoms with Gasteiger partial charge in [-0.15, -0.1) is 0 Å². The molecule has 1 amide bonds. The van der Waals surface area contributed by atoms with E-state index < -0.39 is 17.5 Å². The molecule has 0 spiro atoms. The highest BCUT2D eigenvalue weighted by molar-refractivity contribution is 5.90. The molecule has 5 heteroatoms. The summed E-state index contributed by atoms with van der Waals surface area (Å²) >= 11 is 0. The SMILES string of the molecule is N#CCCC(=O)Nc1ccc(F)c(F)c1. The summed E-state index contributed by atoms with van der Waals surface area (Å²) in [5.74, 6) is -2.39. The zero-order chi connectivity index (χ0) is 11.3. The lowest BCUT2D eigenvalue weighted by molar-refractivity contribution is -0.116. The van der Waals surface area contributed by atoms with Gasteiger partial charge in [-0.1, -0.05) is 0 Å². The Hall–Kier alpha value is -1.96. The van der Waals surface area contributed by atoms with Gasteiger partial charge in [-0.3, -0.25) is 4.79 Å². The van der Waals surface area contributed by atoms with Crippen LogP contribution >= 0.6 is 0 Å². The maximum Gasteiger partial charge on any atom is 0.225 e. The van der Waals surface area contributed by atoms with Gasteiger partial charge in [-0.25, -0.2) is 8.78 Å². The number of halogens is 2. The molecule has 0 aromatic heterocycles. The number of amides is 1. The van der Waals surface area contributed by atoms with E-state index in [9.17, 15) is 13.6 Å². The molecule has 0 aliphatic heterocycles. The lowest BCUT2D eigenvalue weighted by Gasteiger charge is -2.03. The lowest BCUT2D eigenvalue weighted by Crippen LogP contribution is -2.11. The highest BCUT2D eigenvalue weighted by Crippen LogP contribution is 2.13. The van der Waals surface area contributed by atoms with Gasteiger partial charge in [0, 0.05) is 24.6 Å². The van der Waals surface area contributed by atoms with Crippen molar-refractivity contribution < 1.29 is 13.6 Å². The van der Waals surface area contributed by atoms with Gasteiger partial charge in [0.1, 0.15) is 0 Å². The first-order chi connectivity index (χ1) is 7.13. The van der Waals surface area contributed by atoms with E-state index in [0.717, 1.165) is 12.1 Å². The standard InChI is InChI=1S/C10H8F2N2O/c11-8-4-3-7(6-9(8)12)14-10(15)2-1-5-13/h3-4,6H,1-2H2,(H,14,15). The second-order valence-corrected chi connectivity index (χ2v) is 2.84. The number of nitrogens with zero attached hydrogens (tertiary/aromatic N) is 1. The average molecular weight is 210 g/mol. The van der Waals surface area contributed by atoms with Crippen LogP contribution in [-0.4, -0.2) is 5.91 Å². The Bertz CT molecular complexity index is 412. The number of carbonyl (C=O) groups excluding carboxylic acids is 1. The number of hydrogen-bond donors (Lipinski definition) is 1. The second-order valence-electron chi connectivity index (χ2n) is 2.84. The number of rotatable bonds is 3. The third-order valence-electron chi connectivity index (χ3n) is 1.67. The van der Waals surface area contributed by atoms with Crippen molar-refractivity contribution in [3.05, 3.63) is 29.8 Å². The summed E-state index contributed by atoms with van der Waals surface area (Å²) in [6, 6.07) is 4.88. The fourth-order valence-electron chi connectivity index (χ4n) is 0.967. The normalized spacial score (nSPS) is 9.40. The Morgan fingerprint density at radius 2 is 2.13 bits per heavy atom. The van der Waals surface area contributed by atoms with Gasteiger partial charge >= 0.3 is 0 Å². The Labute approximate surface area is 85.3 Å². The third-order valence-corrected chi connectivity index (χ3v) is 1.67. The second kappa shape index (κ2) is 5.05. The molecule has 15 heavy (non-hydrogen) atoms. The summed E-state index contributed by atoms with van der Waals surface area (Å²) in [6.45, 7) is 0. The first-order valence-corrected chi connectivity index (χ1v) is 4.25. The molecule has 0 radical (unpaired) electrons. The first kappa shape index (κ1) is 11.1. The van der Waals surface area contributed by atoms with E-state index in [4.69, 9.17) is 5.26 Å². The van der Waals surface area contributed by atoms with Crippen molar-refractivity contribution in [2.24, 2.45) is 0 Å². The topological polar surface area (TPSA) is 52.9 Å². The van der Waals surface area contributed by atoms with E-state index in [2.05, 4.69) is 5.32 Å². The minimum absolute atomic E-state index is 0.0372. The summed E-state index contributed by atoms with van der Waals surface area (Å²) in [5, 5.41) is 10.6. The van der Waals surface area contributed by atoms with Gasteiger partial charge in [0.25, 0.3) is 0 Å². The molecule has 0 saturated heterocycles. The molecule has 0 atom stereocenters. The van der Waals surface area contributed by atoms with E-state index in [1.807, 2.05) is 6.07 Å². The van der Waals surface area contributed by atoms with Gasteiger partial charge in [0.2, 0.25) is 5.91 Å². The zero-order valence-electron chi connectivity index (χ0n) is 7.76. The minimum atomic E-state index is -1.02. The lowest BCUT2D eigenvalue weighted by atomic mass is 10.2. The van der Waals surface area contributed by atoms with Gasteiger partial charge in [0.15, 0.2) is 11.6 Å². The molecule has 78 valence electrons. The van der Waals surface area contributed by atoms with Crippen LogP contribution in [0.1, 0.15) is 12.8 Å². The van der Waals surface area contributed by atoms with Crippen molar-refractivity contribution in [2.45, 2.75) is 12.8 Å². The maximum atomic E-state index is 12.7. The molecule has 3 nitrogen and oxygen atoms in total. The molecule has 0 aliphatic rings. The van der Waals surface area contributed by atoms with Crippen LogP contribution < -0.4 is 5.32 Å². The van der Waals surface area contributed by atoms with Crippen molar-refractivity contribution in [1.29, 1.82) is 5.26 Å². The molecule has 0 heterocycles. The molecule has 1 N–H and O–H groups in total. The fraction of sp³-hybridized carbons (Fsp3) is 0.200. The van der Waals surface area contributed by atoms with Gasteiger partial charge < -0.3 is 5.32 Å². The van der Waals surface area contributed by atoms with Crippen LogP contribution in [0.3, 0.4) is 0 Å². The Morgan fingerprint density at radius 3 is 2.73 bits per heavy atom. The molecule has 1 rings (SSSR count). The predicted molar refractivity (Wildman–Crippen MR) is 49.8 cm³/mol. The average Bonchev–Trinajstić information content (AvgIpc) is 2.20. The number of benzene rings is 1. The van der Waals surface area contributed by atoms with Crippen molar-refractivity contribution in [2.75, 3.05) is 5.32 Å². The van der Waals surface area contributed by atoms with Crippen molar-refractivity contribution in [3.8, 4) is 6.07 Å². The van der Waals surface area contributed by atoms with Crippen molar-refractivity contribution in [1.82, 2.24) is 0 Å². The molecule has 0 saturated carbocycles. The van der Waals surface area contributed by atoms with E-state index in [-0.39, 0.29) is 18.5 Å². The smallest absolute Gasteiger partial charge is 0.225 e. The molecule has 0 bridgehead atoms. The maximum absolute atomic E-state index is 12.7. The van der Waals surface area contributed by atoms with E-state index in [1.54, 1.807) is 0 Å². The molecule has 0 fully saturated rings. The highest BCUT2D eigenvalue weighted by Gasteiger charge is 2.05. The van der Waals surface area contributed by atoms with Gasteiger partial charge in [-0.2, -0.15) is 5.26 Å². The highest BCUT2D eigenvalue weighted by atomic mass is 19.2. The van der Waals surface area contributed by atoms with E-state index in [1.165, 1.54) is 6.07 Å². The number of nitriles is 1. The molecule has 1 aromatic carbocycles. The monoisotopic (exact) mass is 210 g/mol. The summed E-state index contributed by atoms with van der Waals surface area (Å²) < 4.78 is 25.2. The van der Waals surface area contributed by atoms with Crippen LogP contribution in [0.4, 0.5) is 14.5 Å². The largest absolute Gasteiger partial charge is 0.326 e. The number of hydrogen-bond acceptors (Lipinski definition) is 2. The molecular formula is C10H8F2N2O. The van der Waals surface area contributed by atoms with Crippen LogP contribution in [-0.2, 0) is 4.79 Å². The quantitative estimate of drug-likeness (QED) is 0.831. The molecule has 0 aliphatic carbocycles. The van der Waals surface area contributed by atoms with E-state index >= 15 is 0 Å². The third kappa shape index (κ3) is 3.35. The Kier molecular flexibility index (Phi) is 3.75. The van der Waals surface area contributed by atoms with Crippen LogP contribution in [0.25, 0.3) is 0 Å². The predicted octanol–water partition coefficient (Wildman–Crippen LogP) is 2.21. The summed E-state index contributed by atoms with van der Waals surface area (Å²) in [4.78, 5) is 11.1. The van der Waals surface area contributed by atoms with E-state index in [0.29, 0.717) is 0 Å².